The number of amides is 2. The first-order chi connectivity index (χ1) is 9.40. The van der Waals surface area contributed by atoms with Crippen LogP contribution in [-0.4, -0.2) is 25.0 Å². The zero-order valence-electron chi connectivity index (χ0n) is 12.3. The van der Waals surface area contributed by atoms with E-state index >= 15 is 0 Å². The molecule has 5 heteroatoms. The van der Waals surface area contributed by atoms with Gasteiger partial charge >= 0.3 is 0 Å². The smallest absolute Gasteiger partial charge is 0.237 e. The minimum Gasteiger partial charge on any atom is -0.494 e. The van der Waals surface area contributed by atoms with Gasteiger partial charge in [0, 0.05) is 12.6 Å². The van der Waals surface area contributed by atoms with Crippen molar-refractivity contribution in [3.8, 4) is 5.75 Å². The summed E-state index contributed by atoms with van der Waals surface area (Å²) >= 11 is 0. The third-order valence-corrected chi connectivity index (χ3v) is 2.81. The molecule has 0 spiro atoms. The Bertz CT molecular complexity index is 455. The van der Waals surface area contributed by atoms with Gasteiger partial charge in [-0.25, -0.2) is 0 Å². The third kappa shape index (κ3) is 5.30. The molecule has 0 aliphatic heterocycles. The van der Waals surface area contributed by atoms with Crippen molar-refractivity contribution in [2.45, 2.75) is 27.2 Å². The molecule has 0 saturated heterocycles. The van der Waals surface area contributed by atoms with Gasteiger partial charge in [-0.3, -0.25) is 9.59 Å². The van der Waals surface area contributed by atoms with Crippen LogP contribution in [0.2, 0.25) is 0 Å². The van der Waals surface area contributed by atoms with E-state index in [-0.39, 0.29) is 12.5 Å². The molecule has 0 unspecified atom stereocenters. The quantitative estimate of drug-likeness (QED) is 0.828. The van der Waals surface area contributed by atoms with Gasteiger partial charge in [0.1, 0.15) is 12.3 Å². The van der Waals surface area contributed by atoms with Gasteiger partial charge in [0.2, 0.25) is 11.8 Å². The number of ether oxygens (including phenoxy) is 1. The molecule has 2 amide bonds. The van der Waals surface area contributed by atoms with Crippen molar-refractivity contribution in [1.29, 1.82) is 0 Å². The first kappa shape index (κ1) is 16.0. The van der Waals surface area contributed by atoms with E-state index in [1.54, 1.807) is 24.3 Å². The van der Waals surface area contributed by atoms with E-state index in [0.29, 0.717) is 18.2 Å². The van der Waals surface area contributed by atoms with Crippen LogP contribution in [0.4, 0.5) is 5.69 Å². The summed E-state index contributed by atoms with van der Waals surface area (Å²) in [5, 5.41) is 0. The zero-order chi connectivity index (χ0) is 15.1. The molecule has 0 aromatic heterocycles. The highest BCUT2D eigenvalue weighted by Gasteiger charge is 2.13. The lowest BCUT2D eigenvalue weighted by molar-refractivity contribution is -0.121. The minimum atomic E-state index is -0.544. The molecule has 0 bridgehead atoms. The Labute approximate surface area is 119 Å². The molecule has 1 aromatic carbocycles. The van der Waals surface area contributed by atoms with Crippen LogP contribution in [0.5, 0.6) is 5.75 Å². The molecule has 0 aliphatic rings. The Kier molecular flexibility index (Phi) is 6.03. The summed E-state index contributed by atoms with van der Waals surface area (Å²) in [6.45, 7) is 6.22. The van der Waals surface area contributed by atoms with E-state index in [2.05, 4.69) is 13.8 Å². The predicted molar refractivity (Wildman–Crippen MR) is 78.6 cm³/mol. The second-order valence-corrected chi connectivity index (χ2v) is 5.10. The van der Waals surface area contributed by atoms with Crippen LogP contribution in [-0.2, 0) is 9.59 Å². The molecule has 0 saturated carbocycles. The van der Waals surface area contributed by atoms with Gasteiger partial charge in [0.05, 0.1) is 6.61 Å². The first-order valence-corrected chi connectivity index (χ1v) is 6.69. The summed E-state index contributed by atoms with van der Waals surface area (Å²) in [6, 6.07) is 7.06. The van der Waals surface area contributed by atoms with Gasteiger partial charge < -0.3 is 15.4 Å². The largest absolute Gasteiger partial charge is 0.494 e. The Morgan fingerprint density at radius 2 is 1.85 bits per heavy atom. The summed E-state index contributed by atoms with van der Waals surface area (Å²) in [5.74, 6) is 0.574. The van der Waals surface area contributed by atoms with Crippen molar-refractivity contribution in [3.63, 3.8) is 0 Å². The highest BCUT2D eigenvalue weighted by molar-refractivity contribution is 5.97. The molecule has 0 atom stereocenters. The number of carbonyl (C=O) groups is 2. The van der Waals surface area contributed by atoms with Crippen molar-refractivity contribution >= 4 is 17.5 Å². The molecule has 1 rings (SSSR count). The number of rotatable bonds is 7. The Hall–Kier alpha value is -2.04. The monoisotopic (exact) mass is 278 g/mol. The maximum absolute atomic E-state index is 11.5. The van der Waals surface area contributed by atoms with Gasteiger partial charge in [-0.05, 0) is 36.6 Å². The van der Waals surface area contributed by atoms with Crippen molar-refractivity contribution in [2.75, 3.05) is 18.1 Å². The van der Waals surface area contributed by atoms with E-state index < -0.39 is 5.91 Å². The lowest BCUT2D eigenvalue weighted by Gasteiger charge is -2.19. The van der Waals surface area contributed by atoms with Crippen molar-refractivity contribution < 1.29 is 14.3 Å². The summed E-state index contributed by atoms with van der Waals surface area (Å²) in [7, 11) is 0. The second-order valence-electron chi connectivity index (χ2n) is 5.10. The number of benzene rings is 1. The van der Waals surface area contributed by atoms with Crippen molar-refractivity contribution in [2.24, 2.45) is 11.7 Å². The Balaban J connectivity index is 2.68. The third-order valence-electron chi connectivity index (χ3n) is 2.81. The van der Waals surface area contributed by atoms with Crippen LogP contribution in [0.15, 0.2) is 24.3 Å². The molecule has 110 valence electrons. The van der Waals surface area contributed by atoms with E-state index in [0.717, 1.165) is 12.2 Å². The van der Waals surface area contributed by atoms with Gasteiger partial charge in [-0.2, -0.15) is 0 Å². The molecule has 1 aromatic rings. The van der Waals surface area contributed by atoms with Gasteiger partial charge in [-0.15, -0.1) is 0 Å². The van der Waals surface area contributed by atoms with E-state index in [9.17, 15) is 9.59 Å². The Morgan fingerprint density at radius 3 is 2.30 bits per heavy atom. The number of hydrogen-bond acceptors (Lipinski definition) is 3. The average molecular weight is 278 g/mol. The van der Waals surface area contributed by atoms with Crippen molar-refractivity contribution in [1.82, 2.24) is 0 Å². The summed E-state index contributed by atoms with van der Waals surface area (Å²) < 4.78 is 5.60. The normalized spacial score (nSPS) is 10.4. The number of nitrogens with two attached hydrogens (primary N) is 1. The molecule has 20 heavy (non-hydrogen) atoms. The first-order valence-electron chi connectivity index (χ1n) is 6.69. The lowest BCUT2D eigenvalue weighted by atomic mass is 10.1. The van der Waals surface area contributed by atoms with Crippen LogP contribution >= 0.6 is 0 Å². The van der Waals surface area contributed by atoms with Crippen LogP contribution < -0.4 is 15.4 Å². The van der Waals surface area contributed by atoms with Crippen LogP contribution in [0.25, 0.3) is 0 Å². The number of primary amides is 1. The molecular weight excluding hydrogens is 256 g/mol. The second kappa shape index (κ2) is 7.53. The summed E-state index contributed by atoms with van der Waals surface area (Å²) in [5.41, 5.74) is 5.77. The number of anilines is 1. The fraction of sp³-hybridized carbons (Fsp3) is 0.467. The maximum Gasteiger partial charge on any atom is 0.237 e. The predicted octanol–water partition coefficient (Wildman–Crippen LogP) is 1.95. The molecule has 2 N–H and O–H groups in total. The van der Waals surface area contributed by atoms with Crippen LogP contribution in [0.1, 0.15) is 27.2 Å². The minimum absolute atomic E-state index is 0.122. The fourth-order valence-corrected chi connectivity index (χ4v) is 1.68. The molecule has 5 nitrogen and oxygen atoms in total. The highest BCUT2D eigenvalue weighted by atomic mass is 16.5. The van der Waals surface area contributed by atoms with E-state index in [1.807, 2.05) is 0 Å². The molecule has 0 aliphatic carbocycles. The lowest BCUT2D eigenvalue weighted by Crippen LogP contribution is -2.37. The number of hydrogen-bond donors (Lipinski definition) is 1. The maximum atomic E-state index is 11.5. The highest BCUT2D eigenvalue weighted by Crippen LogP contribution is 2.20. The van der Waals surface area contributed by atoms with Gasteiger partial charge in [0.15, 0.2) is 0 Å². The zero-order valence-corrected chi connectivity index (χ0v) is 12.3. The standard InChI is InChI=1S/C15H22N2O3/c1-11(2)8-9-20-14-6-4-13(5-7-14)17(12(3)18)10-15(16)19/h4-7,11H,8-10H2,1-3H3,(H2,16,19). The molecule has 0 fully saturated rings. The Morgan fingerprint density at radius 1 is 1.25 bits per heavy atom. The molecular formula is C15H22N2O3. The topological polar surface area (TPSA) is 72.6 Å². The van der Waals surface area contributed by atoms with E-state index in [4.69, 9.17) is 10.5 Å². The molecule has 0 heterocycles. The number of carbonyl (C=O) groups excluding carboxylic acids is 2. The average Bonchev–Trinajstić information content (AvgIpc) is 2.36. The number of nitrogens with zero attached hydrogens (tertiary/aromatic N) is 1. The molecule has 0 radical (unpaired) electrons. The summed E-state index contributed by atoms with van der Waals surface area (Å²) in [6.07, 6.45) is 0.989. The van der Waals surface area contributed by atoms with E-state index in [1.165, 1.54) is 11.8 Å². The fourth-order valence-electron chi connectivity index (χ4n) is 1.68. The summed E-state index contributed by atoms with van der Waals surface area (Å²) in [4.78, 5) is 23.8. The van der Waals surface area contributed by atoms with Crippen LogP contribution in [0.3, 0.4) is 0 Å². The SMILES string of the molecule is CC(=O)N(CC(N)=O)c1ccc(OCCC(C)C)cc1. The van der Waals surface area contributed by atoms with Gasteiger partial charge in [-0.1, -0.05) is 13.8 Å². The van der Waals surface area contributed by atoms with Crippen LogP contribution in [0, 0.1) is 5.92 Å². The van der Waals surface area contributed by atoms with Crippen molar-refractivity contribution in [3.05, 3.63) is 24.3 Å². The van der Waals surface area contributed by atoms with Gasteiger partial charge in [0.25, 0.3) is 0 Å².